The maximum atomic E-state index is 11.8. The first-order valence-corrected chi connectivity index (χ1v) is 7.30. The van der Waals surface area contributed by atoms with Crippen molar-refractivity contribution in [2.75, 3.05) is 18.4 Å². The Morgan fingerprint density at radius 2 is 2.11 bits per heavy atom. The average molecular weight is 344 g/mol. The number of carbonyl (C=O) groups is 1. The van der Waals surface area contributed by atoms with Gasteiger partial charge < -0.3 is 16.0 Å². The van der Waals surface area contributed by atoms with Crippen LogP contribution >= 0.6 is 28.1 Å². The van der Waals surface area contributed by atoms with Crippen molar-refractivity contribution < 1.29 is 4.79 Å². The van der Waals surface area contributed by atoms with Crippen LogP contribution in [0.1, 0.15) is 18.9 Å². The molecule has 0 bridgehead atoms. The number of amides is 1. The number of halogens is 1. The normalized spacial score (nSPS) is 9.84. The summed E-state index contributed by atoms with van der Waals surface area (Å²) in [7, 11) is 0. The van der Waals surface area contributed by atoms with Crippen LogP contribution in [0.2, 0.25) is 0 Å². The van der Waals surface area contributed by atoms with Crippen LogP contribution in [0, 0.1) is 6.92 Å². The van der Waals surface area contributed by atoms with E-state index in [0.29, 0.717) is 5.11 Å². The average Bonchev–Trinajstić information content (AvgIpc) is 2.37. The van der Waals surface area contributed by atoms with Crippen LogP contribution in [-0.4, -0.2) is 24.1 Å². The van der Waals surface area contributed by atoms with Gasteiger partial charge in [0.25, 0.3) is 0 Å². The second-order valence-corrected chi connectivity index (χ2v) is 5.44. The van der Waals surface area contributed by atoms with Crippen LogP contribution in [0.3, 0.4) is 0 Å². The maximum absolute atomic E-state index is 11.8. The molecule has 0 aliphatic rings. The number of hydrogen-bond acceptors (Lipinski definition) is 2. The molecule has 0 aliphatic heterocycles. The van der Waals surface area contributed by atoms with Crippen LogP contribution in [0.5, 0.6) is 0 Å². The summed E-state index contributed by atoms with van der Waals surface area (Å²) in [4.78, 5) is 11.8. The Kier molecular flexibility index (Phi) is 6.80. The van der Waals surface area contributed by atoms with Crippen molar-refractivity contribution in [3.8, 4) is 0 Å². The Labute approximate surface area is 127 Å². The van der Waals surface area contributed by atoms with Crippen molar-refractivity contribution in [3.63, 3.8) is 0 Å². The van der Waals surface area contributed by atoms with Gasteiger partial charge in [-0.3, -0.25) is 4.79 Å². The second-order valence-electron chi connectivity index (χ2n) is 4.12. The minimum absolute atomic E-state index is 0.119. The van der Waals surface area contributed by atoms with E-state index in [1.807, 2.05) is 25.1 Å². The molecule has 4 nitrogen and oxygen atoms in total. The van der Waals surface area contributed by atoms with Crippen molar-refractivity contribution in [2.45, 2.75) is 20.3 Å². The molecule has 0 aromatic heterocycles. The summed E-state index contributed by atoms with van der Waals surface area (Å²) in [5.74, 6) is -0.119. The number of carbonyl (C=O) groups excluding carboxylic acids is 1. The van der Waals surface area contributed by atoms with E-state index in [4.69, 9.17) is 12.2 Å². The zero-order valence-electron chi connectivity index (χ0n) is 11.0. The number of thiocarbonyl (C=S) groups is 1. The molecule has 0 saturated heterocycles. The van der Waals surface area contributed by atoms with E-state index in [2.05, 4.69) is 38.8 Å². The molecule has 0 heterocycles. The summed E-state index contributed by atoms with van der Waals surface area (Å²) >= 11 is 8.42. The van der Waals surface area contributed by atoms with Gasteiger partial charge in [0, 0.05) is 16.7 Å². The van der Waals surface area contributed by atoms with Crippen LogP contribution < -0.4 is 16.0 Å². The van der Waals surface area contributed by atoms with Gasteiger partial charge in [-0.1, -0.05) is 22.9 Å². The van der Waals surface area contributed by atoms with Crippen LogP contribution in [0.25, 0.3) is 0 Å². The van der Waals surface area contributed by atoms with E-state index in [0.717, 1.165) is 28.7 Å². The highest BCUT2D eigenvalue weighted by atomic mass is 79.9. The zero-order valence-corrected chi connectivity index (χ0v) is 13.5. The van der Waals surface area contributed by atoms with Crippen molar-refractivity contribution in [2.24, 2.45) is 0 Å². The summed E-state index contributed by atoms with van der Waals surface area (Å²) in [6.07, 6.45) is 0.992. The lowest BCUT2D eigenvalue weighted by molar-refractivity contribution is -0.115. The molecule has 19 heavy (non-hydrogen) atoms. The molecule has 3 N–H and O–H groups in total. The van der Waals surface area contributed by atoms with Crippen molar-refractivity contribution in [3.05, 3.63) is 28.2 Å². The SMILES string of the molecule is CCCNC(=S)NCC(=O)Nc1ccc(Br)cc1C. The molecule has 0 aliphatic carbocycles. The quantitative estimate of drug-likeness (QED) is 0.719. The Bertz CT molecular complexity index is 465. The highest BCUT2D eigenvalue weighted by Crippen LogP contribution is 2.19. The monoisotopic (exact) mass is 343 g/mol. The van der Waals surface area contributed by atoms with E-state index in [9.17, 15) is 4.79 Å². The Morgan fingerprint density at radius 3 is 2.74 bits per heavy atom. The molecule has 0 unspecified atom stereocenters. The van der Waals surface area contributed by atoms with Gasteiger partial charge in [-0.25, -0.2) is 0 Å². The molecular formula is C13H18BrN3OS. The number of nitrogens with one attached hydrogen (secondary N) is 3. The topological polar surface area (TPSA) is 53.2 Å². The van der Waals surface area contributed by atoms with Crippen LogP contribution in [0.4, 0.5) is 5.69 Å². The van der Waals surface area contributed by atoms with Gasteiger partial charge in [-0.2, -0.15) is 0 Å². The summed E-state index contributed by atoms with van der Waals surface area (Å²) in [6, 6.07) is 5.71. The van der Waals surface area contributed by atoms with Crippen molar-refractivity contribution in [1.82, 2.24) is 10.6 Å². The molecule has 0 spiro atoms. The third-order valence-corrected chi connectivity index (χ3v) is 3.19. The molecule has 0 saturated carbocycles. The van der Waals surface area contributed by atoms with E-state index in [-0.39, 0.29) is 12.5 Å². The Balaban J connectivity index is 2.41. The lowest BCUT2D eigenvalue weighted by atomic mass is 10.2. The lowest BCUT2D eigenvalue weighted by Crippen LogP contribution is -2.40. The van der Waals surface area contributed by atoms with Crippen molar-refractivity contribution >= 4 is 44.9 Å². The predicted molar refractivity (Wildman–Crippen MR) is 86.4 cm³/mol. The second kappa shape index (κ2) is 8.12. The van der Waals surface area contributed by atoms with Gasteiger partial charge in [0.1, 0.15) is 0 Å². The van der Waals surface area contributed by atoms with Gasteiger partial charge in [-0.05, 0) is 49.3 Å². The molecule has 0 radical (unpaired) electrons. The first-order chi connectivity index (χ1) is 9.02. The smallest absolute Gasteiger partial charge is 0.243 e. The van der Waals surface area contributed by atoms with Crippen LogP contribution in [0.15, 0.2) is 22.7 Å². The molecule has 6 heteroatoms. The van der Waals surface area contributed by atoms with E-state index in [1.54, 1.807) is 0 Å². The Morgan fingerprint density at radius 1 is 1.37 bits per heavy atom. The summed E-state index contributed by atoms with van der Waals surface area (Å²) in [5.41, 5.74) is 1.82. The highest BCUT2D eigenvalue weighted by molar-refractivity contribution is 9.10. The minimum atomic E-state index is -0.119. The molecule has 1 rings (SSSR count). The van der Waals surface area contributed by atoms with Gasteiger partial charge in [0.2, 0.25) is 5.91 Å². The first kappa shape index (κ1) is 15.9. The third-order valence-electron chi connectivity index (χ3n) is 2.41. The lowest BCUT2D eigenvalue weighted by Gasteiger charge is -2.11. The van der Waals surface area contributed by atoms with Gasteiger partial charge >= 0.3 is 0 Å². The van der Waals surface area contributed by atoms with E-state index >= 15 is 0 Å². The fourth-order valence-corrected chi connectivity index (χ4v) is 2.07. The standard InChI is InChI=1S/C13H18BrN3OS/c1-3-6-15-13(19)16-8-12(18)17-11-5-4-10(14)7-9(11)2/h4-5,7H,3,6,8H2,1-2H3,(H,17,18)(H2,15,16,19). The van der Waals surface area contributed by atoms with Gasteiger partial charge in [0.05, 0.1) is 6.54 Å². The first-order valence-electron chi connectivity index (χ1n) is 6.10. The summed E-state index contributed by atoms with van der Waals surface area (Å²) in [5, 5.41) is 9.22. The highest BCUT2D eigenvalue weighted by Gasteiger charge is 2.05. The molecule has 0 atom stereocenters. The number of anilines is 1. The zero-order chi connectivity index (χ0) is 14.3. The predicted octanol–water partition coefficient (Wildman–Crippen LogP) is 2.57. The summed E-state index contributed by atoms with van der Waals surface area (Å²) in [6.45, 7) is 4.96. The molecular weight excluding hydrogens is 326 g/mol. The number of aryl methyl sites for hydroxylation is 1. The van der Waals surface area contributed by atoms with E-state index in [1.165, 1.54) is 0 Å². The molecule has 0 fully saturated rings. The third kappa shape index (κ3) is 6.02. The van der Waals surface area contributed by atoms with Gasteiger partial charge in [-0.15, -0.1) is 0 Å². The van der Waals surface area contributed by atoms with Crippen LogP contribution in [-0.2, 0) is 4.79 Å². The largest absolute Gasteiger partial charge is 0.363 e. The Hall–Kier alpha value is -1.14. The number of hydrogen-bond donors (Lipinski definition) is 3. The molecule has 1 aromatic carbocycles. The number of benzene rings is 1. The number of rotatable bonds is 5. The van der Waals surface area contributed by atoms with E-state index < -0.39 is 0 Å². The fourth-order valence-electron chi connectivity index (χ4n) is 1.42. The molecule has 1 amide bonds. The maximum Gasteiger partial charge on any atom is 0.243 e. The van der Waals surface area contributed by atoms with Crippen molar-refractivity contribution in [1.29, 1.82) is 0 Å². The van der Waals surface area contributed by atoms with Gasteiger partial charge in [0.15, 0.2) is 5.11 Å². The summed E-state index contributed by atoms with van der Waals surface area (Å²) < 4.78 is 0.992. The minimum Gasteiger partial charge on any atom is -0.363 e. The molecule has 1 aromatic rings. The fraction of sp³-hybridized carbons (Fsp3) is 0.385. The molecule has 104 valence electrons.